The Kier molecular flexibility index (Phi) is 4.39. The number of hydrogen-bond acceptors (Lipinski definition) is 3. The highest BCUT2D eigenvalue weighted by Gasteiger charge is 2.23. The second-order valence-electron chi connectivity index (χ2n) is 5.46. The summed E-state index contributed by atoms with van der Waals surface area (Å²) in [6.07, 6.45) is 1.59. The Balaban J connectivity index is 1.67. The first-order valence-electron chi connectivity index (χ1n) is 7.59. The van der Waals surface area contributed by atoms with E-state index in [9.17, 15) is 4.79 Å². The van der Waals surface area contributed by atoms with E-state index in [1.807, 2.05) is 30.3 Å². The first-order valence-corrected chi connectivity index (χ1v) is 7.59. The zero-order valence-corrected chi connectivity index (χ0v) is 12.4. The largest absolute Gasteiger partial charge is 0.492 e. The summed E-state index contributed by atoms with van der Waals surface area (Å²) in [5, 5.41) is 2.95. The van der Waals surface area contributed by atoms with Gasteiger partial charge >= 0.3 is 0 Å². The molecule has 4 heteroatoms. The van der Waals surface area contributed by atoms with Gasteiger partial charge in [-0.3, -0.25) is 4.79 Å². The van der Waals surface area contributed by atoms with E-state index in [1.165, 1.54) is 5.56 Å². The van der Waals surface area contributed by atoms with Crippen LogP contribution >= 0.6 is 0 Å². The molecule has 0 radical (unpaired) electrons. The highest BCUT2D eigenvalue weighted by molar-refractivity contribution is 5.97. The second kappa shape index (κ2) is 6.62. The lowest BCUT2D eigenvalue weighted by Gasteiger charge is -2.24. The van der Waals surface area contributed by atoms with Gasteiger partial charge in [-0.15, -0.1) is 0 Å². The number of benzene rings is 2. The monoisotopic (exact) mass is 296 g/mol. The fraction of sp³-hybridized carbons (Fsp3) is 0.278. The molecule has 0 saturated heterocycles. The molecule has 1 amide bonds. The van der Waals surface area contributed by atoms with Gasteiger partial charge in [-0.2, -0.15) is 0 Å². The van der Waals surface area contributed by atoms with Crippen LogP contribution in [0.1, 0.15) is 33.9 Å². The maximum Gasteiger partial charge on any atom is 0.255 e. The van der Waals surface area contributed by atoms with Gasteiger partial charge < -0.3 is 15.8 Å². The molecular weight excluding hydrogens is 276 g/mol. The van der Waals surface area contributed by atoms with Crippen LogP contribution in [0, 0.1) is 0 Å². The Labute approximate surface area is 130 Å². The second-order valence-corrected chi connectivity index (χ2v) is 5.46. The molecule has 114 valence electrons. The summed E-state index contributed by atoms with van der Waals surface area (Å²) >= 11 is 0. The first-order chi connectivity index (χ1) is 10.8. The van der Waals surface area contributed by atoms with E-state index in [-0.39, 0.29) is 11.9 Å². The van der Waals surface area contributed by atoms with E-state index in [4.69, 9.17) is 10.5 Å². The van der Waals surface area contributed by atoms with Crippen molar-refractivity contribution in [1.29, 1.82) is 0 Å². The van der Waals surface area contributed by atoms with Crippen LogP contribution in [0.3, 0.4) is 0 Å². The highest BCUT2D eigenvalue weighted by Crippen LogP contribution is 2.33. The van der Waals surface area contributed by atoms with E-state index in [1.54, 1.807) is 6.07 Å². The molecule has 4 nitrogen and oxygen atoms in total. The lowest BCUT2D eigenvalue weighted by atomic mass is 9.98. The third-order valence-corrected chi connectivity index (χ3v) is 3.91. The zero-order valence-electron chi connectivity index (χ0n) is 12.4. The fourth-order valence-electron chi connectivity index (χ4n) is 2.69. The van der Waals surface area contributed by atoms with E-state index in [0.717, 1.165) is 18.4 Å². The highest BCUT2D eigenvalue weighted by atomic mass is 16.5. The maximum atomic E-state index is 12.4. The molecule has 1 aliphatic rings. The normalized spacial score (nSPS) is 16.5. The molecule has 0 saturated carbocycles. The molecule has 0 spiro atoms. The smallest absolute Gasteiger partial charge is 0.255 e. The minimum atomic E-state index is -0.109. The van der Waals surface area contributed by atoms with Crippen LogP contribution in [0.4, 0.5) is 0 Å². The van der Waals surface area contributed by atoms with E-state index in [0.29, 0.717) is 24.5 Å². The number of nitrogens with two attached hydrogens (primary N) is 1. The summed E-state index contributed by atoms with van der Waals surface area (Å²) in [7, 11) is 0. The summed E-state index contributed by atoms with van der Waals surface area (Å²) in [5.74, 6) is 0.528. The SMILES string of the molecule is NC1CCOc2c(C(=O)NCCc3ccccc3)cccc21. The molecule has 0 aliphatic carbocycles. The number of hydrogen-bond donors (Lipinski definition) is 2. The van der Waals surface area contributed by atoms with Crippen molar-refractivity contribution in [3.05, 3.63) is 65.2 Å². The van der Waals surface area contributed by atoms with Crippen molar-refractivity contribution >= 4 is 5.91 Å². The topological polar surface area (TPSA) is 64.3 Å². The van der Waals surface area contributed by atoms with E-state index >= 15 is 0 Å². The van der Waals surface area contributed by atoms with Gasteiger partial charge in [-0.05, 0) is 18.1 Å². The summed E-state index contributed by atoms with van der Waals surface area (Å²) in [5.41, 5.74) is 8.77. The number of nitrogens with one attached hydrogen (secondary N) is 1. The minimum Gasteiger partial charge on any atom is -0.492 e. The Bertz CT molecular complexity index is 655. The molecule has 1 atom stereocenters. The van der Waals surface area contributed by atoms with Crippen LogP contribution < -0.4 is 15.8 Å². The van der Waals surface area contributed by atoms with Crippen molar-refractivity contribution in [3.63, 3.8) is 0 Å². The summed E-state index contributed by atoms with van der Waals surface area (Å²) in [6.45, 7) is 1.15. The number of ether oxygens (including phenoxy) is 1. The van der Waals surface area contributed by atoms with Gasteiger partial charge in [0.1, 0.15) is 5.75 Å². The van der Waals surface area contributed by atoms with Crippen molar-refractivity contribution in [2.75, 3.05) is 13.2 Å². The summed E-state index contributed by atoms with van der Waals surface area (Å²) in [6, 6.07) is 15.6. The van der Waals surface area contributed by atoms with Crippen molar-refractivity contribution in [2.45, 2.75) is 18.9 Å². The van der Waals surface area contributed by atoms with Gasteiger partial charge in [0.15, 0.2) is 0 Å². The third kappa shape index (κ3) is 3.12. The van der Waals surface area contributed by atoms with Gasteiger partial charge in [0.2, 0.25) is 0 Å². The van der Waals surface area contributed by atoms with Gasteiger partial charge in [-0.1, -0.05) is 42.5 Å². The number of carbonyl (C=O) groups is 1. The predicted octanol–water partition coefficient (Wildman–Crippen LogP) is 2.44. The van der Waals surface area contributed by atoms with Crippen molar-refractivity contribution in [1.82, 2.24) is 5.32 Å². The van der Waals surface area contributed by atoms with Crippen LogP contribution in [0.15, 0.2) is 48.5 Å². The van der Waals surface area contributed by atoms with Crippen LogP contribution in [-0.2, 0) is 6.42 Å². The fourth-order valence-corrected chi connectivity index (χ4v) is 2.69. The Morgan fingerprint density at radius 2 is 2.00 bits per heavy atom. The maximum absolute atomic E-state index is 12.4. The third-order valence-electron chi connectivity index (χ3n) is 3.91. The van der Waals surface area contributed by atoms with Crippen LogP contribution in [-0.4, -0.2) is 19.1 Å². The summed E-state index contributed by atoms with van der Waals surface area (Å²) in [4.78, 5) is 12.4. The quantitative estimate of drug-likeness (QED) is 0.911. The van der Waals surface area contributed by atoms with Crippen LogP contribution in [0.25, 0.3) is 0 Å². The molecule has 1 aliphatic heterocycles. The number of para-hydroxylation sites is 1. The molecule has 2 aromatic carbocycles. The predicted molar refractivity (Wildman–Crippen MR) is 86.0 cm³/mol. The number of amides is 1. The molecule has 0 bridgehead atoms. The Hall–Kier alpha value is -2.33. The first kappa shape index (κ1) is 14.6. The van der Waals surface area contributed by atoms with Gasteiger partial charge in [0.25, 0.3) is 5.91 Å². The molecule has 1 unspecified atom stereocenters. The Morgan fingerprint density at radius 1 is 1.18 bits per heavy atom. The van der Waals surface area contributed by atoms with Crippen molar-refractivity contribution in [2.24, 2.45) is 5.73 Å². The molecular formula is C18H20N2O2. The van der Waals surface area contributed by atoms with E-state index in [2.05, 4.69) is 17.4 Å². The number of fused-ring (bicyclic) bond motifs is 1. The molecule has 22 heavy (non-hydrogen) atoms. The van der Waals surface area contributed by atoms with Gasteiger partial charge in [0, 0.05) is 24.6 Å². The average Bonchev–Trinajstić information content (AvgIpc) is 2.56. The Morgan fingerprint density at radius 3 is 2.82 bits per heavy atom. The van der Waals surface area contributed by atoms with Crippen LogP contribution in [0.5, 0.6) is 5.75 Å². The molecule has 0 fully saturated rings. The van der Waals surface area contributed by atoms with Crippen molar-refractivity contribution in [3.8, 4) is 5.75 Å². The number of carbonyl (C=O) groups excluding carboxylic acids is 1. The lowest BCUT2D eigenvalue weighted by molar-refractivity contribution is 0.0948. The lowest BCUT2D eigenvalue weighted by Crippen LogP contribution is -2.28. The standard InChI is InChI=1S/C18H20N2O2/c19-16-10-12-22-17-14(16)7-4-8-15(17)18(21)20-11-9-13-5-2-1-3-6-13/h1-8,16H,9-12,19H2,(H,20,21). The van der Waals surface area contributed by atoms with E-state index < -0.39 is 0 Å². The van der Waals surface area contributed by atoms with Crippen LogP contribution in [0.2, 0.25) is 0 Å². The molecule has 1 heterocycles. The number of rotatable bonds is 4. The van der Waals surface area contributed by atoms with Gasteiger partial charge in [-0.25, -0.2) is 0 Å². The summed E-state index contributed by atoms with van der Waals surface area (Å²) < 4.78 is 5.67. The average molecular weight is 296 g/mol. The van der Waals surface area contributed by atoms with Gasteiger partial charge in [0.05, 0.1) is 12.2 Å². The van der Waals surface area contributed by atoms with Crippen molar-refractivity contribution < 1.29 is 9.53 Å². The molecule has 3 N–H and O–H groups in total. The zero-order chi connectivity index (χ0) is 15.4. The minimum absolute atomic E-state index is 0.0548. The molecule has 2 aromatic rings. The molecule has 0 aromatic heterocycles. The molecule has 3 rings (SSSR count).